The quantitative estimate of drug-likeness (QED) is 0.748. The first-order valence-corrected chi connectivity index (χ1v) is 8.08. The Labute approximate surface area is 115 Å². The molecule has 0 aromatic rings. The van der Waals surface area contributed by atoms with Crippen molar-refractivity contribution >= 4 is 0 Å². The molecule has 1 rings (SSSR count). The highest BCUT2D eigenvalue weighted by Crippen LogP contribution is 2.20. The fraction of sp³-hybridized carbons (Fsp3) is 1.00. The van der Waals surface area contributed by atoms with Crippen LogP contribution >= 0.6 is 0 Å². The van der Waals surface area contributed by atoms with Gasteiger partial charge in [-0.1, -0.05) is 40.5 Å². The highest BCUT2D eigenvalue weighted by atomic mass is 15.2. The van der Waals surface area contributed by atoms with Crippen molar-refractivity contribution in [3.8, 4) is 0 Å². The van der Waals surface area contributed by atoms with Crippen molar-refractivity contribution in [2.24, 2.45) is 11.8 Å². The molecule has 0 aromatic carbocycles. The van der Waals surface area contributed by atoms with Gasteiger partial charge in [0.25, 0.3) is 0 Å². The second-order valence-electron chi connectivity index (χ2n) is 6.56. The second-order valence-corrected chi connectivity index (χ2v) is 6.56. The van der Waals surface area contributed by atoms with Crippen LogP contribution in [0.4, 0.5) is 0 Å². The van der Waals surface area contributed by atoms with Gasteiger partial charge in [0.15, 0.2) is 0 Å². The third-order valence-corrected chi connectivity index (χ3v) is 4.06. The molecule has 1 heterocycles. The second kappa shape index (κ2) is 8.92. The summed E-state index contributed by atoms with van der Waals surface area (Å²) < 4.78 is 0. The van der Waals surface area contributed by atoms with Gasteiger partial charge in [-0.05, 0) is 50.7 Å². The van der Waals surface area contributed by atoms with Crippen molar-refractivity contribution in [3.05, 3.63) is 0 Å². The van der Waals surface area contributed by atoms with Gasteiger partial charge < -0.3 is 10.2 Å². The summed E-state index contributed by atoms with van der Waals surface area (Å²) >= 11 is 0. The summed E-state index contributed by atoms with van der Waals surface area (Å²) in [5.41, 5.74) is 0. The molecule has 2 nitrogen and oxygen atoms in total. The number of hydrogen-bond donors (Lipinski definition) is 1. The van der Waals surface area contributed by atoms with E-state index in [0.29, 0.717) is 0 Å². The third kappa shape index (κ3) is 6.19. The summed E-state index contributed by atoms with van der Waals surface area (Å²) in [5, 5.41) is 3.60. The summed E-state index contributed by atoms with van der Waals surface area (Å²) in [5.74, 6) is 1.54. The van der Waals surface area contributed by atoms with Crippen LogP contribution < -0.4 is 5.32 Å². The van der Waals surface area contributed by atoms with E-state index in [-0.39, 0.29) is 0 Å². The van der Waals surface area contributed by atoms with Gasteiger partial charge in [0, 0.05) is 12.6 Å². The lowest BCUT2D eigenvalue weighted by Gasteiger charge is -2.31. The van der Waals surface area contributed by atoms with Gasteiger partial charge >= 0.3 is 0 Å². The van der Waals surface area contributed by atoms with Gasteiger partial charge in [-0.25, -0.2) is 0 Å². The molecule has 1 saturated heterocycles. The Morgan fingerprint density at radius 1 is 1.11 bits per heavy atom. The van der Waals surface area contributed by atoms with Crippen molar-refractivity contribution in [2.45, 2.75) is 65.8 Å². The lowest BCUT2D eigenvalue weighted by molar-refractivity contribution is 0.168. The fourth-order valence-electron chi connectivity index (χ4n) is 3.02. The Kier molecular flexibility index (Phi) is 7.92. The van der Waals surface area contributed by atoms with Crippen molar-refractivity contribution in [2.75, 3.05) is 26.2 Å². The molecule has 1 aliphatic heterocycles. The van der Waals surface area contributed by atoms with E-state index in [1.807, 2.05) is 0 Å². The summed E-state index contributed by atoms with van der Waals surface area (Å²) in [6.45, 7) is 14.2. The van der Waals surface area contributed by atoms with E-state index in [2.05, 4.69) is 37.9 Å². The minimum atomic E-state index is 0.763. The summed E-state index contributed by atoms with van der Waals surface area (Å²) in [4.78, 5) is 2.76. The first-order valence-electron chi connectivity index (χ1n) is 8.08. The van der Waals surface area contributed by atoms with E-state index >= 15 is 0 Å². The van der Waals surface area contributed by atoms with E-state index < -0.39 is 0 Å². The van der Waals surface area contributed by atoms with Crippen LogP contribution in [-0.4, -0.2) is 37.1 Å². The van der Waals surface area contributed by atoms with Crippen LogP contribution in [0.1, 0.15) is 59.8 Å². The summed E-state index contributed by atoms with van der Waals surface area (Å²) in [7, 11) is 0. The SMILES string of the molecule is CCC1CCCCCN1CC(C)CNCC(C)C. The predicted molar refractivity (Wildman–Crippen MR) is 81.0 cm³/mol. The van der Waals surface area contributed by atoms with E-state index in [4.69, 9.17) is 0 Å². The van der Waals surface area contributed by atoms with Crippen molar-refractivity contribution in [1.29, 1.82) is 0 Å². The highest BCUT2D eigenvalue weighted by Gasteiger charge is 2.20. The standard InChI is InChI=1S/C16H34N2/c1-5-16-9-7-6-8-10-18(16)13-15(4)12-17-11-14(2)3/h14-17H,5-13H2,1-4H3. The van der Waals surface area contributed by atoms with Crippen molar-refractivity contribution < 1.29 is 0 Å². The van der Waals surface area contributed by atoms with Crippen molar-refractivity contribution in [3.63, 3.8) is 0 Å². The Morgan fingerprint density at radius 2 is 1.89 bits per heavy atom. The van der Waals surface area contributed by atoms with Crippen LogP contribution in [0.5, 0.6) is 0 Å². The Hall–Kier alpha value is -0.0800. The maximum absolute atomic E-state index is 3.60. The van der Waals surface area contributed by atoms with E-state index in [0.717, 1.165) is 24.4 Å². The molecular weight excluding hydrogens is 220 g/mol. The minimum Gasteiger partial charge on any atom is -0.316 e. The molecule has 2 unspecified atom stereocenters. The molecule has 1 fully saturated rings. The minimum absolute atomic E-state index is 0.763. The fourth-order valence-corrected chi connectivity index (χ4v) is 3.02. The molecule has 0 aliphatic carbocycles. The van der Waals surface area contributed by atoms with Gasteiger partial charge in [0.2, 0.25) is 0 Å². The molecule has 2 heteroatoms. The first kappa shape index (κ1) is 16.0. The van der Waals surface area contributed by atoms with E-state index in [1.165, 1.54) is 51.7 Å². The van der Waals surface area contributed by atoms with Gasteiger partial charge in [-0.15, -0.1) is 0 Å². The average molecular weight is 254 g/mol. The Morgan fingerprint density at radius 3 is 2.56 bits per heavy atom. The number of rotatable bonds is 7. The zero-order chi connectivity index (χ0) is 13.4. The molecule has 0 aromatic heterocycles. The van der Waals surface area contributed by atoms with Gasteiger partial charge in [0.1, 0.15) is 0 Å². The molecule has 1 N–H and O–H groups in total. The molecule has 0 bridgehead atoms. The topological polar surface area (TPSA) is 15.3 Å². The average Bonchev–Trinajstić information content (AvgIpc) is 2.53. The van der Waals surface area contributed by atoms with Gasteiger partial charge in [0.05, 0.1) is 0 Å². The van der Waals surface area contributed by atoms with Gasteiger partial charge in [-0.3, -0.25) is 0 Å². The molecule has 18 heavy (non-hydrogen) atoms. The maximum atomic E-state index is 3.60. The number of nitrogens with zero attached hydrogens (tertiary/aromatic N) is 1. The summed E-state index contributed by atoms with van der Waals surface area (Å²) in [6.07, 6.45) is 7.03. The zero-order valence-electron chi connectivity index (χ0n) is 13.0. The Bertz CT molecular complexity index is 203. The third-order valence-electron chi connectivity index (χ3n) is 4.06. The molecule has 0 spiro atoms. The molecule has 0 amide bonds. The number of hydrogen-bond acceptors (Lipinski definition) is 2. The molecule has 0 radical (unpaired) electrons. The van der Waals surface area contributed by atoms with Crippen LogP contribution in [0.15, 0.2) is 0 Å². The molecule has 1 aliphatic rings. The maximum Gasteiger partial charge on any atom is 0.00927 e. The molecule has 108 valence electrons. The lowest BCUT2D eigenvalue weighted by atomic mass is 10.1. The molecular formula is C16H34N2. The monoisotopic (exact) mass is 254 g/mol. The van der Waals surface area contributed by atoms with Crippen LogP contribution in [0.3, 0.4) is 0 Å². The molecule has 0 saturated carbocycles. The highest BCUT2D eigenvalue weighted by molar-refractivity contribution is 4.76. The van der Waals surface area contributed by atoms with E-state index in [1.54, 1.807) is 0 Å². The first-order chi connectivity index (χ1) is 8.63. The van der Waals surface area contributed by atoms with E-state index in [9.17, 15) is 0 Å². The largest absolute Gasteiger partial charge is 0.316 e. The van der Waals surface area contributed by atoms with Crippen LogP contribution in [0, 0.1) is 11.8 Å². The molecule has 2 atom stereocenters. The number of nitrogens with one attached hydrogen (secondary N) is 1. The Balaban J connectivity index is 2.28. The van der Waals surface area contributed by atoms with Crippen LogP contribution in [-0.2, 0) is 0 Å². The van der Waals surface area contributed by atoms with Crippen LogP contribution in [0.2, 0.25) is 0 Å². The van der Waals surface area contributed by atoms with Crippen molar-refractivity contribution in [1.82, 2.24) is 10.2 Å². The smallest absolute Gasteiger partial charge is 0.00927 e. The van der Waals surface area contributed by atoms with Crippen LogP contribution in [0.25, 0.3) is 0 Å². The zero-order valence-corrected chi connectivity index (χ0v) is 13.0. The number of likely N-dealkylation sites (tertiary alicyclic amines) is 1. The normalized spacial score (nSPS) is 24.2. The van der Waals surface area contributed by atoms with Gasteiger partial charge in [-0.2, -0.15) is 0 Å². The predicted octanol–water partition coefficient (Wildman–Crippen LogP) is 3.52. The summed E-state index contributed by atoms with van der Waals surface area (Å²) in [6, 6.07) is 0.847. The lowest BCUT2D eigenvalue weighted by Crippen LogP contribution is -2.40.